The van der Waals surface area contributed by atoms with E-state index in [0.717, 1.165) is 30.0 Å². The number of nitrogens with zero attached hydrogens (tertiary/aromatic N) is 1. The zero-order valence-electron chi connectivity index (χ0n) is 12.1. The minimum atomic E-state index is -0.0927. The van der Waals surface area contributed by atoms with E-state index in [0.29, 0.717) is 18.8 Å². The number of rotatable bonds is 5. The summed E-state index contributed by atoms with van der Waals surface area (Å²) in [4.78, 5) is 13.4. The van der Waals surface area contributed by atoms with Crippen LogP contribution in [0.2, 0.25) is 0 Å². The lowest BCUT2D eigenvalue weighted by Gasteiger charge is -2.12. The van der Waals surface area contributed by atoms with Crippen molar-refractivity contribution in [2.24, 2.45) is 0 Å². The number of aromatic nitrogens is 2. The van der Waals surface area contributed by atoms with Crippen molar-refractivity contribution < 1.29 is 4.79 Å². The zero-order valence-corrected chi connectivity index (χ0v) is 13.7. The Labute approximate surface area is 140 Å². The summed E-state index contributed by atoms with van der Waals surface area (Å²) in [6.45, 7) is 2.28. The van der Waals surface area contributed by atoms with E-state index in [1.165, 1.54) is 4.90 Å². The Kier molecular flexibility index (Phi) is 6.30. The molecule has 1 amide bonds. The topological polar surface area (TPSA) is 69.8 Å². The number of amides is 1. The van der Waals surface area contributed by atoms with Gasteiger partial charge in [0, 0.05) is 48.0 Å². The van der Waals surface area contributed by atoms with Crippen LogP contribution < -0.4 is 10.6 Å². The molecule has 3 N–H and O–H groups in total. The van der Waals surface area contributed by atoms with E-state index >= 15 is 0 Å². The van der Waals surface area contributed by atoms with Crippen molar-refractivity contribution in [3.8, 4) is 0 Å². The first-order valence-corrected chi connectivity index (χ1v) is 8.06. The van der Waals surface area contributed by atoms with Gasteiger partial charge in [0.1, 0.15) is 0 Å². The lowest BCUT2D eigenvalue weighted by molar-refractivity contribution is 0.0950. The summed E-state index contributed by atoms with van der Waals surface area (Å²) in [6, 6.07) is 10.2. The number of benzene rings is 1. The summed E-state index contributed by atoms with van der Waals surface area (Å²) >= 11 is 1.73. The second-order valence-electron chi connectivity index (χ2n) is 4.87. The minimum absolute atomic E-state index is 0. The monoisotopic (exact) mass is 338 g/mol. The van der Waals surface area contributed by atoms with Crippen molar-refractivity contribution in [2.45, 2.75) is 17.9 Å². The van der Waals surface area contributed by atoms with Crippen LogP contribution in [0.15, 0.2) is 35.2 Å². The predicted octanol–water partition coefficient (Wildman–Crippen LogP) is 2.00. The van der Waals surface area contributed by atoms with Crippen LogP contribution in [-0.2, 0) is 13.0 Å². The molecule has 0 fully saturated rings. The molecule has 2 aromatic rings. The number of hydrogen-bond donors (Lipinski definition) is 3. The molecule has 22 heavy (non-hydrogen) atoms. The Hall–Kier alpha value is -1.50. The van der Waals surface area contributed by atoms with Crippen LogP contribution in [0.3, 0.4) is 0 Å². The van der Waals surface area contributed by atoms with Gasteiger partial charge in [0.05, 0.1) is 0 Å². The van der Waals surface area contributed by atoms with Crippen molar-refractivity contribution in [3.63, 3.8) is 0 Å². The molecule has 3 rings (SSSR count). The average Bonchev–Trinajstić information content (AvgIpc) is 2.96. The number of carbonyl (C=O) groups is 1. The molecule has 0 aliphatic carbocycles. The molecule has 2 heterocycles. The van der Waals surface area contributed by atoms with Crippen LogP contribution in [0.25, 0.3) is 0 Å². The molecule has 1 aromatic heterocycles. The molecule has 1 aliphatic heterocycles. The van der Waals surface area contributed by atoms with Gasteiger partial charge in [-0.25, -0.2) is 0 Å². The summed E-state index contributed by atoms with van der Waals surface area (Å²) < 4.78 is 0. The molecular formula is C15H19ClN4OS. The number of hydrogen-bond acceptors (Lipinski definition) is 4. The van der Waals surface area contributed by atoms with Gasteiger partial charge in [0.25, 0.3) is 5.91 Å². The van der Waals surface area contributed by atoms with E-state index in [1.54, 1.807) is 11.8 Å². The summed E-state index contributed by atoms with van der Waals surface area (Å²) in [5.41, 5.74) is 2.62. The average molecular weight is 339 g/mol. The molecule has 118 valence electrons. The summed E-state index contributed by atoms with van der Waals surface area (Å²) in [5, 5.41) is 13.3. The fourth-order valence-electron chi connectivity index (χ4n) is 2.35. The highest BCUT2D eigenvalue weighted by Gasteiger charge is 2.20. The molecule has 0 spiro atoms. The lowest BCUT2D eigenvalue weighted by Crippen LogP contribution is -2.29. The van der Waals surface area contributed by atoms with Crippen LogP contribution >= 0.6 is 24.2 Å². The third-order valence-electron chi connectivity index (χ3n) is 3.42. The molecule has 0 saturated heterocycles. The second-order valence-corrected chi connectivity index (χ2v) is 6.04. The number of fused-ring (bicyclic) bond motifs is 1. The van der Waals surface area contributed by atoms with Crippen LogP contribution in [0, 0.1) is 0 Å². The smallest absolute Gasteiger partial charge is 0.272 e. The first-order chi connectivity index (χ1) is 10.3. The highest BCUT2D eigenvalue weighted by molar-refractivity contribution is 7.99. The van der Waals surface area contributed by atoms with Crippen molar-refractivity contribution in [1.29, 1.82) is 0 Å². The third-order valence-corrected chi connectivity index (χ3v) is 4.43. The number of aromatic amines is 1. The van der Waals surface area contributed by atoms with E-state index in [2.05, 4.69) is 33.0 Å². The van der Waals surface area contributed by atoms with Gasteiger partial charge in [-0.2, -0.15) is 5.10 Å². The maximum atomic E-state index is 12.2. The Bertz CT molecular complexity index is 617. The minimum Gasteiger partial charge on any atom is -0.350 e. The first kappa shape index (κ1) is 16.9. The van der Waals surface area contributed by atoms with E-state index in [4.69, 9.17) is 0 Å². The molecule has 1 aliphatic rings. The van der Waals surface area contributed by atoms with Gasteiger partial charge in [0.2, 0.25) is 0 Å². The molecule has 0 radical (unpaired) electrons. The van der Waals surface area contributed by atoms with Gasteiger partial charge in [-0.1, -0.05) is 18.2 Å². The highest BCUT2D eigenvalue weighted by Crippen LogP contribution is 2.17. The van der Waals surface area contributed by atoms with Crippen molar-refractivity contribution in [3.05, 3.63) is 47.3 Å². The van der Waals surface area contributed by atoms with E-state index < -0.39 is 0 Å². The second kappa shape index (κ2) is 8.22. The van der Waals surface area contributed by atoms with Gasteiger partial charge < -0.3 is 10.6 Å². The normalized spacial score (nSPS) is 13.1. The summed E-state index contributed by atoms with van der Waals surface area (Å²) in [5.74, 6) is 0.755. The number of halogens is 1. The molecule has 0 bridgehead atoms. The molecular weight excluding hydrogens is 320 g/mol. The van der Waals surface area contributed by atoms with Crippen LogP contribution in [0.1, 0.15) is 21.7 Å². The molecule has 7 heteroatoms. The lowest BCUT2D eigenvalue weighted by atomic mass is 10.1. The SMILES string of the molecule is Cl.O=C(NCCSc1ccccc1)c1n[nH]c2c1CNCC2. The Morgan fingerprint density at radius 2 is 2.14 bits per heavy atom. The Morgan fingerprint density at radius 1 is 1.32 bits per heavy atom. The number of thioether (sulfide) groups is 1. The Morgan fingerprint density at radius 3 is 2.95 bits per heavy atom. The number of H-pyrrole nitrogens is 1. The maximum absolute atomic E-state index is 12.2. The molecule has 0 saturated carbocycles. The Balaban J connectivity index is 0.00000176. The van der Waals surface area contributed by atoms with Crippen molar-refractivity contribution >= 4 is 30.1 Å². The van der Waals surface area contributed by atoms with Crippen molar-refractivity contribution in [1.82, 2.24) is 20.8 Å². The number of nitrogens with one attached hydrogen (secondary N) is 3. The number of carbonyl (C=O) groups excluding carboxylic acids is 1. The van der Waals surface area contributed by atoms with Gasteiger partial charge in [-0.15, -0.1) is 24.2 Å². The van der Waals surface area contributed by atoms with Gasteiger partial charge >= 0.3 is 0 Å². The first-order valence-electron chi connectivity index (χ1n) is 7.07. The molecule has 5 nitrogen and oxygen atoms in total. The zero-order chi connectivity index (χ0) is 14.5. The van der Waals surface area contributed by atoms with Gasteiger partial charge in [0.15, 0.2) is 5.69 Å². The summed E-state index contributed by atoms with van der Waals surface area (Å²) in [7, 11) is 0. The fraction of sp³-hybridized carbons (Fsp3) is 0.333. The van der Waals surface area contributed by atoms with E-state index in [1.807, 2.05) is 18.2 Å². The van der Waals surface area contributed by atoms with Gasteiger partial charge in [-0.3, -0.25) is 9.89 Å². The fourth-order valence-corrected chi connectivity index (χ4v) is 3.14. The maximum Gasteiger partial charge on any atom is 0.272 e. The van der Waals surface area contributed by atoms with Gasteiger partial charge in [-0.05, 0) is 12.1 Å². The molecule has 0 atom stereocenters. The standard InChI is InChI=1S/C15H18N4OS.ClH/c20-15(14-12-10-16-7-6-13(12)18-19-14)17-8-9-21-11-4-2-1-3-5-11;/h1-5,16H,6-10H2,(H,17,20)(H,18,19);1H. The van der Waals surface area contributed by atoms with Crippen LogP contribution in [0.4, 0.5) is 0 Å². The van der Waals surface area contributed by atoms with Crippen LogP contribution in [-0.4, -0.2) is 34.9 Å². The predicted molar refractivity (Wildman–Crippen MR) is 90.7 cm³/mol. The quantitative estimate of drug-likeness (QED) is 0.576. The largest absolute Gasteiger partial charge is 0.350 e. The highest BCUT2D eigenvalue weighted by atomic mass is 35.5. The molecule has 1 aromatic carbocycles. The van der Waals surface area contributed by atoms with Crippen molar-refractivity contribution in [2.75, 3.05) is 18.8 Å². The molecule has 0 unspecified atom stereocenters. The van der Waals surface area contributed by atoms with E-state index in [-0.39, 0.29) is 18.3 Å². The van der Waals surface area contributed by atoms with Crippen LogP contribution in [0.5, 0.6) is 0 Å². The third kappa shape index (κ3) is 4.03. The summed E-state index contributed by atoms with van der Waals surface area (Å²) in [6.07, 6.45) is 0.902. The van der Waals surface area contributed by atoms with E-state index in [9.17, 15) is 4.79 Å².